The number of hydrogen-bond donors (Lipinski definition) is 2. The number of halogens is 2. The first-order valence-electron chi connectivity index (χ1n) is 14.1. The number of nitrogens with one attached hydrogen (secondary N) is 2. The number of methoxy groups -OCH3 is 2. The monoisotopic (exact) mass is 599 g/mol. The Morgan fingerprint density at radius 3 is 2.34 bits per heavy atom. The van der Waals surface area contributed by atoms with Crippen molar-refractivity contribution in [1.82, 2.24) is 20.2 Å². The van der Waals surface area contributed by atoms with E-state index in [-0.39, 0.29) is 59.1 Å². The molecule has 9 nitrogen and oxygen atoms in total. The van der Waals surface area contributed by atoms with Gasteiger partial charge in [-0.25, -0.2) is 18.7 Å². The molecule has 4 aromatic rings. The number of ether oxygens (including phenoxy) is 2. The number of benzene rings is 3. The van der Waals surface area contributed by atoms with E-state index in [2.05, 4.69) is 20.6 Å². The van der Waals surface area contributed by atoms with Gasteiger partial charge in [0.15, 0.2) is 5.82 Å². The lowest BCUT2D eigenvalue weighted by atomic mass is 9.91. The van der Waals surface area contributed by atoms with Crippen molar-refractivity contribution < 1.29 is 27.8 Å². The highest BCUT2D eigenvalue weighted by molar-refractivity contribution is 6.03. The van der Waals surface area contributed by atoms with E-state index >= 15 is 0 Å². The molecule has 1 unspecified atom stereocenters. The summed E-state index contributed by atoms with van der Waals surface area (Å²) in [5.74, 6) is -1.19. The van der Waals surface area contributed by atoms with Crippen molar-refractivity contribution in [1.29, 1.82) is 0 Å². The molecule has 1 aromatic heterocycles. The van der Waals surface area contributed by atoms with E-state index < -0.39 is 11.6 Å². The van der Waals surface area contributed by atoms with Gasteiger partial charge in [0.25, 0.3) is 5.91 Å². The topological polar surface area (TPSA) is 106 Å². The lowest BCUT2D eigenvalue weighted by Crippen LogP contribution is -2.34. The normalized spacial score (nSPS) is 17.0. The first-order chi connectivity index (χ1) is 21.1. The molecule has 2 aliphatic heterocycles. The zero-order chi connectivity index (χ0) is 31.2. The number of fused-ring (bicyclic) bond motifs is 1. The van der Waals surface area contributed by atoms with Crippen molar-refractivity contribution >= 4 is 23.3 Å². The molecule has 0 radical (unpaired) electrons. The number of hydrogen-bond acceptors (Lipinski definition) is 7. The minimum absolute atomic E-state index is 0.0277. The molecule has 1 fully saturated rings. The smallest absolute Gasteiger partial charge is 0.260 e. The van der Waals surface area contributed by atoms with Gasteiger partial charge in [-0.2, -0.15) is 0 Å². The second-order valence-corrected chi connectivity index (χ2v) is 11.5. The summed E-state index contributed by atoms with van der Waals surface area (Å²) < 4.78 is 40.5. The van der Waals surface area contributed by atoms with E-state index in [0.717, 1.165) is 23.3 Å². The van der Waals surface area contributed by atoms with E-state index in [1.165, 1.54) is 13.2 Å². The Kier molecular flexibility index (Phi) is 7.40. The van der Waals surface area contributed by atoms with Gasteiger partial charge in [0.2, 0.25) is 5.91 Å². The van der Waals surface area contributed by atoms with Crippen LogP contribution in [0.2, 0.25) is 0 Å². The Labute approximate surface area is 253 Å². The molecule has 1 saturated heterocycles. The first kappa shape index (κ1) is 29.0. The standard InChI is InChI=1S/C33H31F2N5O4/c1-33(2)15-22(31(41)39-33)18-8-11-20(12-9-18)36-30-28-25(37-29(38-30)27-23(34)6-5-7-24(27)35)17-40(32(28)42)16-19-10-13-21(43-3)14-26(19)44-4/h5-14,22H,15-17H2,1-4H3,(H,39,41)(H,36,37,38). The zero-order valence-corrected chi connectivity index (χ0v) is 24.7. The van der Waals surface area contributed by atoms with Gasteiger partial charge in [-0.3, -0.25) is 9.59 Å². The van der Waals surface area contributed by atoms with Crippen LogP contribution in [0.25, 0.3) is 11.4 Å². The van der Waals surface area contributed by atoms with Crippen molar-refractivity contribution in [3.05, 3.63) is 94.7 Å². The van der Waals surface area contributed by atoms with Crippen LogP contribution in [0.15, 0.2) is 60.7 Å². The van der Waals surface area contributed by atoms with Crippen LogP contribution in [0.3, 0.4) is 0 Å². The van der Waals surface area contributed by atoms with Gasteiger partial charge in [0.05, 0.1) is 44.5 Å². The predicted molar refractivity (Wildman–Crippen MR) is 160 cm³/mol. The molecular weight excluding hydrogens is 568 g/mol. The third-order valence-corrected chi connectivity index (χ3v) is 7.94. The maximum absolute atomic E-state index is 14.8. The molecular formula is C33H31F2N5O4. The second kappa shape index (κ2) is 11.2. The summed E-state index contributed by atoms with van der Waals surface area (Å²) in [6, 6.07) is 16.1. The number of nitrogens with zero attached hydrogens (tertiary/aromatic N) is 3. The van der Waals surface area contributed by atoms with Gasteiger partial charge in [-0.1, -0.05) is 18.2 Å². The average Bonchev–Trinajstić information content (AvgIpc) is 3.46. The fourth-order valence-corrected chi connectivity index (χ4v) is 5.77. The van der Waals surface area contributed by atoms with E-state index in [1.807, 2.05) is 32.0 Å². The third-order valence-electron chi connectivity index (χ3n) is 7.94. The molecule has 44 heavy (non-hydrogen) atoms. The number of rotatable bonds is 8. The molecule has 0 saturated carbocycles. The molecule has 3 aromatic carbocycles. The van der Waals surface area contributed by atoms with Gasteiger partial charge in [0, 0.05) is 22.9 Å². The number of amides is 2. The summed E-state index contributed by atoms with van der Waals surface area (Å²) in [6.45, 7) is 4.25. The molecule has 226 valence electrons. The molecule has 0 bridgehead atoms. The van der Waals surface area contributed by atoms with Crippen LogP contribution >= 0.6 is 0 Å². The summed E-state index contributed by atoms with van der Waals surface area (Å²) in [4.78, 5) is 36.8. The maximum atomic E-state index is 14.8. The largest absolute Gasteiger partial charge is 0.497 e. The molecule has 11 heteroatoms. The SMILES string of the molecule is COc1ccc(CN2Cc3nc(-c4c(F)cccc4F)nc(Nc4ccc(C5CC(C)(C)NC5=O)cc4)c3C2=O)c(OC)c1. The van der Waals surface area contributed by atoms with E-state index in [0.29, 0.717) is 29.3 Å². The molecule has 3 heterocycles. The fraction of sp³-hybridized carbons (Fsp3) is 0.273. The Morgan fingerprint density at radius 1 is 0.977 bits per heavy atom. The number of carbonyl (C=O) groups is 2. The van der Waals surface area contributed by atoms with Gasteiger partial charge in [-0.15, -0.1) is 0 Å². The number of carbonyl (C=O) groups excluding carboxylic acids is 2. The lowest BCUT2D eigenvalue weighted by Gasteiger charge is -2.18. The maximum Gasteiger partial charge on any atom is 0.260 e. The van der Waals surface area contributed by atoms with Crippen molar-refractivity contribution in [3.8, 4) is 22.9 Å². The van der Waals surface area contributed by atoms with Crippen LogP contribution in [0.5, 0.6) is 11.5 Å². The van der Waals surface area contributed by atoms with Crippen LogP contribution in [-0.4, -0.2) is 46.4 Å². The molecule has 2 amide bonds. The molecule has 0 spiro atoms. The Balaban J connectivity index is 1.35. The van der Waals surface area contributed by atoms with Crippen LogP contribution < -0.4 is 20.1 Å². The highest BCUT2D eigenvalue weighted by atomic mass is 19.1. The average molecular weight is 600 g/mol. The number of anilines is 2. The quantitative estimate of drug-likeness (QED) is 0.267. The van der Waals surface area contributed by atoms with Crippen LogP contribution in [0.4, 0.5) is 20.3 Å². The van der Waals surface area contributed by atoms with Gasteiger partial charge in [-0.05, 0) is 62.2 Å². The van der Waals surface area contributed by atoms with E-state index in [4.69, 9.17) is 9.47 Å². The van der Waals surface area contributed by atoms with Crippen molar-refractivity contribution in [3.63, 3.8) is 0 Å². The highest BCUT2D eigenvalue weighted by Crippen LogP contribution is 2.37. The Morgan fingerprint density at radius 2 is 1.70 bits per heavy atom. The highest BCUT2D eigenvalue weighted by Gasteiger charge is 2.38. The minimum Gasteiger partial charge on any atom is -0.497 e. The summed E-state index contributed by atoms with van der Waals surface area (Å²) >= 11 is 0. The number of aromatic nitrogens is 2. The zero-order valence-electron chi connectivity index (χ0n) is 24.7. The first-order valence-corrected chi connectivity index (χ1v) is 14.1. The van der Waals surface area contributed by atoms with Gasteiger partial charge >= 0.3 is 0 Å². The van der Waals surface area contributed by atoms with Crippen molar-refractivity contribution in [2.75, 3.05) is 19.5 Å². The summed E-state index contributed by atoms with van der Waals surface area (Å²) in [7, 11) is 3.09. The fourth-order valence-electron chi connectivity index (χ4n) is 5.77. The predicted octanol–water partition coefficient (Wildman–Crippen LogP) is 5.72. The van der Waals surface area contributed by atoms with Gasteiger partial charge < -0.3 is 25.0 Å². The Hall–Kier alpha value is -5.06. The van der Waals surface area contributed by atoms with Crippen LogP contribution in [-0.2, 0) is 17.9 Å². The molecule has 0 aliphatic carbocycles. The molecule has 1 atom stereocenters. The van der Waals surface area contributed by atoms with E-state index in [9.17, 15) is 18.4 Å². The van der Waals surface area contributed by atoms with E-state index in [1.54, 1.807) is 36.3 Å². The Bertz CT molecular complexity index is 1760. The van der Waals surface area contributed by atoms with Crippen LogP contribution in [0.1, 0.15) is 53.4 Å². The summed E-state index contributed by atoms with van der Waals surface area (Å²) in [5.41, 5.74) is 2.05. The van der Waals surface area contributed by atoms with Crippen molar-refractivity contribution in [2.45, 2.75) is 44.8 Å². The third kappa shape index (κ3) is 5.41. The lowest BCUT2D eigenvalue weighted by molar-refractivity contribution is -0.120. The molecule has 2 N–H and O–H groups in total. The molecule has 2 aliphatic rings. The minimum atomic E-state index is -0.817. The second-order valence-electron chi connectivity index (χ2n) is 11.5. The van der Waals surface area contributed by atoms with Gasteiger partial charge in [0.1, 0.15) is 34.5 Å². The van der Waals surface area contributed by atoms with Crippen LogP contribution in [0, 0.1) is 11.6 Å². The summed E-state index contributed by atoms with van der Waals surface area (Å²) in [5, 5.41) is 6.17. The summed E-state index contributed by atoms with van der Waals surface area (Å²) in [6.07, 6.45) is 0.666. The molecule has 6 rings (SSSR count). The van der Waals surface area contributed by atoms with Crippen molar-refractivity contribution in [2.24, 2.45) is 0 Å².